The van der Waals surface area contributed by atoms with Crippen LogP contribution in [0.5, 0.6) is 0 Å². The van der Waals surface area contributed by atoms with Gasteiger partial charge in [-0.25, -0.2) is 9.37 Å². The molecule has 0 N–H and O–H groups in total. The van der Waals surface area contributed by atoms with E-state index in [0.717, 1.165) is 0 Å². The van der Waals surface area contributed by atoms with Gasteiger partial charge in [0.1, 0.15) is 17.2 Å². The molecule has 0 radical (unpaired) electrons. The number of carbonyl (C=O) groups is 1. The summed E-state index contributed by atoms with van der Waals surface area (Å²) >= 11 is 0. The zero-order valence-corrected chi connectivity index (χ0v) is 15.3. The van der Waals surface area contributed by atoms with Gasteiger partial charge in [-0.3, -0.25) is 4.79 Å². The van der Waals surface area contributed by atoms with Crippen LogP contribution in [0.3, 0.4) is 0 Å². The minimum Gasteiger partial charge on any atom is -0.463 e. The number of nitrogens with zero attached hydrogens (tertiary/aromatic N) is 3. The number of benzene rings is 1. The number of hydrogen-bond acceptors (Lipinski definition) is 6. The van der Waals surface area contributed by atoms with Crippen molar-refractivity contribution >= 4 is 17.0 Å². The van der Waals surface area contributed by atoms with Crippen molar-refractivity contribution in [3.8, 4) is 22.7 Å². The van der Waals surface area contributed by atoms with Crippen LogP contribution < -0.4 is 0 Å². The molecule has 7 nitrogen and oxygen atoms in total. The van der Waals surface area contributed by atoms with Crippen molar-refractivity contribution in [1.29, 1.82) is 0 Å². The number of halogens is 1. The highest BCUT2D eigenvalue weighted by Crippen LogP contribution is 2.34. The third-order valence-electron chi connectivity index (χ3n) is 4.88. The highest BCUT2D eigenvalue weighted by atomic mass is 19.1. The summed E-state index contributed by atoms with van der Waals surface area (Å²) in [6.45, 7) is 1.88. The quantitative estimate of drug-likeness (QED) is 0.527. The average molecular weight is 393 g/mol. The van der Waals surface area contributed by atoms with Crippen molar-refractivity contribution in [2.75, 3.05) is 26.3 Å². The lowest BCUT2D eigenvalue weighted by Crippen LogP contribution is -2.40. The van der Waals surface area contributed by atoms with Crippen molar-refractivity contribution in [3.05, 3.63) is 60.1 Å². The summed E-state index contributed by atoms with van der Waals surface area (Å²) < 4.78 is 30.6. The molecule has 0 saturated carbocycles. The second kappa shape index (κ2) is 7.14. The van der Waals surface area contributed by atoms with Gasteiger partial charge < -0.3 is 18.6 Å². The number of amides is 1. The summed E-state index contributed by atoms with van der Waals surface area (Å²) in [5, 5.41) is 4.41. The van der Waals surface area contributed by atoms with E-state index in [-0.39, 0.29) is 22.9 Å². The molecule has 1 aliphatic rings. The third-order valence-corrected chi connectivity index (χ3v) is 4.88. The minimum atomic E-state index is -0.456. The fourth-order valence-corrected chi connectivity index (χ4v) is 3.44. The molecule has 5 rings (SSSR count). The van der Waals surface area contributed by atoms with E-state index in [0.29, 0.717) is 48.7 Å². The van der Waals surface area contributed by atoms with Crippen molar-refractivity contribution < 1.29 is 22.9 Å². The summed E-state index contributed by atoms with van der Waals surface area (Å²) in [4.78, 5) is 19.5. The lowest BCUT2D eigenvalue weighted by Gasteiger charge is -2.27. The second-order valence-electron chi connectivity index (χ2n) is 6.63. The molecule has 4 heterocycles. The van der Waals surface area contributed by atoms with E-state index in [9.17, 15) is 9.18 Å². The van der Waals surface area contributed by atoms with Crippen LogP contribution in [0, 0.1) is 5.82 Å². The van der Waals surface area contributed by atoms with Gasteiger partial charge in [0.15, 0.2) is 5.76 Å². The minimum absolute atomic E-state index is 0.147. The fourth-order valence-electron chi connectivity index (χ4n) is 3.44. The summed E-state index contributed by atoms with van der Waals surface area (Å²) in [6.07, 6.45) is 1.52. The maximum Gasteiger partial charge on any atom is 0.259 e. The van der Waals surface area contributed by atoms with Gasteiger partial charge in [0, 0.05) is 18.7 Å². The first kappa shape index (κ1) is 17.6. The van der Waals surface area contributed by atoms with E-state index in [1.165, 1.54) is 12.3 Å². The lowest BCUT2D eigenvalue weighted by molar-refractivity contribution is 0.0304. The highest BCUT2D eigenvalue weighted by molar-refractivity contribution is 6.10. The Morgan fingerprint density at radius 1 is 1.10 bits per heavy atom. The molecule has 3 aromatic heterocycles. The predicted octanol–water partition coefficient (Wildman–Crippen LogP) is 3.76. The Kier molecular flexibility index (Phi) is 4.33. The summed E-state index contributed by atoms with van der Waals surface area (Å²) in [5.41, 5.74) is 1.41. The molecule has 0 bridgehead atoms. The van der Waals surface area contributed by atoms with Crippen molar-refractivity contribution in [2.24, 2.45) is 0 Å². The number of ether oxygens (including phenoxy) is 1. The van der Waals surface area contributed by atoms with Gasteiger partial charge in [-0.05, 0) is 30.3 Å². The molecule has 1 saturated heterocycles. The molecule has 146 valence electrons. The first-order valence-corrected chi connectivity index (χ1v) is 9.18. The Morgan fingerprint density at radius 3 is 2.69 bits per heavy atom. The summed E-state index contributed by atoms with van der Waals surface area (Å²) in [6, 6.07) is 11.3. The smallest absolute Gasteiger partial charge is 0.259 e. The van der Waals surface area contributed by atoms with E-state index >= 15 is 0 Å². The lowest BCUT2D eigenvalue weighted by atomic mass is 10.0. The van der Waals surface area contributed by atoms with Gasteiger partial charge in [-0.2, -0.15) is 0 Å². The highest BCUT2D eigenvalue weighted by Gasteiger charge is 2.27. The van der Waals surface area contributed by atoms with Gasteiger partial charge >= 0.3 is 0 Å². The Balaban J connectivity index is 1.73. The molecule has 1 fully saturated rings. The van der Waals surface area contributed by atoms with Gasteiger partial charge in [0.2, 0.25) is 0 Å². The number of pyridine rings is 1. The van der Waals surface area contributed by atoms with Gasteiger partial charge in [0.25, 0.3) is 11.6 Å². The fraction of sp³-hybridized carbons (Fsp3) is 0.190. The van der Waals surface area contributed by atoms with Crippen LogP contribution in [0.2, 0.25) is 0 Å². The van der Waals surface area contributed by atoms with Crippen LogP contribution in [0.25, 0.3) is 33.8 Å². The van der Waals surface area contributed by atoms with Crippen molar-refractivity contribution in [2.45, 2.75) is 0 Å². The van der Waals surface area contributed by atoms with E-state index < -0.39 is 5.82 Å². The van der Waals surface area contributed by atoms with Gasteiger partial charge in [0.05, 0.1) is 30.4 Å². The third kappa shape index (κ3) is 3.07. The first-order valence-electron chi connectivity index (χ1n) is 9.18. The maximum atomic E-state index is 14.4. The predicted molar refractivity (Wildman–Crippen MR) is 102 cm³/mol. The summed E-state index contributed by atoms with van der Waals surface area (Å²) in [5.74, 6) is -0.177. The van der Waals surface area contributed by atoms with Crippen LogP contribution in [0.1, 0.15) is 10.4 Å². The zero-order chi connectivity index (χ0) is 19.8. The molecule has 1 aromatic carbocycles. The topological polar surface area (TPSA) is 81.6 Å². The van der Waals surface area contributed by atoms with Gasteiger partial charge in [-0.15, -0.1) is 0 Å². The van der Waals surface area contributed by atoms with Crippen molar-refractivity contribution in [3.63, 3.8) is 0 Å². The molecular formula is C21H16FN3O4. The van der Waals surface area contributed by atoms with Crippen LogP contribution in [-0.4, -0.2) is 47.3 Å². The number of hydrogen-bond donors (Lipinski definition) is 0. The molecule has 1 amide bonds. The first-order chi connectivity index (χ1) is 14.2. The Labute approximate surface area is 164 Å². The molecule has 0 atom stereocenters. The van der Waals surface area contributed by atoms with E-state index in [2.05, 4.69) is 10.1 Å². The number of fused-ring (bicyclic) bond motifs is 1. The van der Waals surface area contributed by atoms with E-state index in [1.807, 2.05) is 0 Å². The van der Waals surface area contributed by atoms with Crippen LogP contribution >= 0.6 is 0 Å². The molecule has 8 heteroatoms. The molecule has 0 unspecified atom stereocenters. The molecule has 0 spiro atoms. The zero-order valence-electron chi connectivity index (χ0n) is 15.3. The van der Waals surface area contributed by atoms with Crippen LogP contribution in [0.15, 0.2) is 57.7 Å². The monoisotopic (exact) mass is 393 g/mol. The van der Waals surface area contributed by atoms with Crippen LogP contribution in [0.4, 0.5) is 4.39 Å². The number of aromatic nitrogens is 2. The van der Waals surface area contributed by atoms with Crippen molar-refractivity contribution in [1.82, 2.24) is 15.0 Å². The Bertz CT molecular complexity index is 1180. The second-order valence-corrected chi connectivity index (χ2v) is 6.63. The average Bonchev–Trinajstić information content (AvgIpc) is 3.44. The Hall–Kier alpha value is -3.52. The molecule has 29 heavy (non-hydrogen) atoms. The molecule has 4 aromatic rings. The largest absolute Gasteiger partial charge is 0.463 e. The Morgan fingerprint density at radius 2 is 1.93 bits per heavy atom. The number of carbonyl (C=O) groups excluding carboxylic acids is 1. The standard InChI is InChI=1S/C21H16FN3O4/c22-15-5-2-1-4-13(15)19-18-14(21(26)25-7-10-27-11-8-25)12-16(17-6-3-9-28-17)23-20(18)29-24-19/h1-6,9,12H,7-8,10-11H2. The number of morpholine rings is 1. The summed E-state index contributed by atoms with van der Waals surface area (Å²) in [7, 11) is 0. The van der Waals surface area contributed by atoms with E-state index in [1.54, 1.807) is 41.3 Å². The SMILES string of the molecule is O=C(c1cc(-c2ccco2)nc2onc(-c3ccccc3F)c12)N1CCOCC1. The normalized spacial score (nSPS) is 14.4. The van der Waals surface area contributed by atoms with Crippen LogP contribution in [-0.2, 0) is 4.74 Å². The number of furan rings is 1. The van der Waals surface area contributed by atoms with E-state index in [4.69, 9.17) is 13.7 Å². The maximum absolute atomic E-state index is 14.4. The molecular weight excluding hydrogens is 377 g/mol. The van der Waals surface area contributed by atoms with Gasteiger partial charge in [-0.1, -0.05) is 17.3 Å². The molecule has 0 aliphatic carbocycles. The molecule has 1 aliphatic heterocycles. The number of rotatable bonds is 3.